The van der Waals surface area contributed by atoms with Crippen LogP contribution in [0.4, 0.5) is 0 Å². The number of nitrogens with two attached hydrogens (primary N) is 1. The van der Waals surface area contributed by atoms with Crippen molar-refractivity contribution in [1.82, 2.24) is 5.32 Å². The fourth-order valence-electron chi connectivity index (χ4n) is 3.28. The van der Waals surface area contributed by atoms with E-state index in [0.29, 0.717) is 5.96 Å². The molecule has 0 aromatic rings. The third-order valence-electron chi connectivity index (χ3n) is 4.94. The van der Waals surface area contributed by atoms with Gasteiger partial charge in [-0.2, -0.15) is 0 Å². The molecule has 2 rings (SSSR count). The number of aliphatic imine (C=N–C) groups is 1. The maximum atomic E-state index is 9.27. The van der Waals surface area contributed by atoms with Gasteiger partial charge < -0.3 is 16.2 Å². The molecule has 2 fully saturated rings. The molecule has 4 N–H and O–H groups in total. The van der Waals surface area contributed by atoms with Crippen molar-refractivity contribution in [3.63, 3.8) is 0 Å². The molecule has 0 heterocycles. The smallest absolute Gasteiger partial charge is 0.188 e. The second-order valence-corrected chi connectivity index (χ2v) is 6.41. The highest BCUT2D eigenvalue weighted by Crippen LogP contribution is 2.39. The largest absolute Gasteiger partial charge is 0.396 e. The molecule has 2 aliphatic carbocycles. The SMILES string of the molecule is NC(=NCC1(CCO)CCCCC1)NCC1CCC1. The van der Waals surface area contributed by atoms with Gasteiger partial charge in [-0.15, -0.1) is 0 Å². The van der Waals surface area contributed by atoms with Crippen molar-refractivity contribution in [2.45, 2.75) is 57.8 Å². The Labute approximate surface area is 116 Å². The van der Waals surface area contributed by atoms with Crippen LogP contribution in [0.1, 0.15) is 57.8 Å². The summed E-state index contributed by atoms with van der Waals surface area (Å²) in [6.45, 7) is 2.02. The van der Waals surface area contributed by atoms with E-state index in [9.17, 15) is 5.11 Å². The summed E-state index contributed by atoms with van der Waals surface area (Å²) in [6, 6.07) is 0. The van der Waals surface area contributed by atoms with Crippen molar-refractivity contribution < 1.29 is 5.11 Å². The average molecular weight is 267 g/mol. The molecule has 0 atom stereocenters. The maximum absolute atomic E-state index is 9.27. The van der Waals surface area contributed by atoms with Crippen LogP contribution < -0.4 is 11.1 Å². The number of aliphatic hydroxyl groups is 1. The van der Waals surface area contributed by atoms with Gasteiger partial charge in [0.2, 0.25) is 0 Å². The first-order valence-electron chi connectivity index (χ1n) is 7.89. The molecule has 0 bridgehead atoms. The van der Waals surface area contributed by atoms with Crippen LogP contribution in [0.15, 0.2) is 4.99 Å². The number of guanidine groups is 1. The third kappa shape index (κ3) is 4.37. The van der Waals surface area contributed by atoms with Crippen LogP contribution in [0, 0.1) is 11.3 Å². The fraction of sp³-hybridized carbons (Fsp3) is 0.933. The molecule has 2 aliphatic rings. The van der Waals surface area contributed by atoms with Crippen molar-refractivity contribution in [1.29, 1.82) is 0 Å². The van der Waals surface area contributed by atoms with Gasteiger partial charge in [-0.05, 0) is 43.4 Å². The van der Waals surface area contributed by atoms with E-state index in [2.05, 4.69) is 10.3 Å². The summed E-state index contributed by atoms with van der Waals surface area (Å²) in [5.74, 6) is 1.39. The number of aliphatic hydroxyl groups excluding tert-OH is 1. The minimum atomic E-state index is 0.204. The van der Waals surface area contributed by atoms with Gasteiger partial charge in [-0.25, -0.2) is 0 Å². The first-order chi connectivity index (χ1) is 9.24. The van der Waals surface area contributed by atoms with Crippen molar-refractivity contribution in [2.75, 3.05) is 19.7 Å². The van der Waals surface area contributed by atoms with Crippen molar-refractivity contribution >= 4 is 5.96 Å². The van der Waals surface area contributed by atoms with Gasteiger partial charge in [0.05, 0.1) is 0 Å². The van der Waals surface area contributed by atoms with E-state index < -0.39 is 0 Å². The molecule has 2 saturated carbocycles. The third-order valence-corrected chi connectivity index (χ3v) is 4.94. The normalized spacial score (nSPS) is 23.9. The summed E-state index contributed by atoms with van der Waals surface area (Å²) in [5.41, 5.74) is 6.15. The summed E-state index contributed by atoms with van der Waals surface area (Å²) in [6.07, 6.45) is 11.1. The van der Waals surface area contributed by atoms with Gasteiger partial charge >= 0.3 is 0 Å². The Hall–Kier alpha value is -0.770. The van der Waals surface area contributed by atoms with E-state index in [-0.39, 0.29) is 12.0 Å². The van der Waals surface area contributed by atoms with E-state index in [1.54, 1.807) is 0 Å². The summed E-state index contributed by atoms with van der Waals surface area (Å²) < 4.78 is 0. The minimum absolute atomic E-state index is 0.204. The van der Waals surface area contributed by atoms with E-state index in [1.165, 1.54) is 51.4 Å². The first kappa shape index (κ1) is 14.6. The summed E-state index contributed by atoms with van der Waals surface area (Å²) in [4.78, 5) is 4.54. The van der Waals surface area contributed by atoms with E-state index in [1.807, 2.05) is 0 Å². The highest BCUT2D eigenvalue weighted by molar-refractivity contribution is 5.77. The molecule has 110 valence electrons. The Bertz CT molecular complexity index is 288. The van der Waals surface area contributed by atoms with Crippen LogP contribution in [0.25, 0.3) is 0 Å². The lowest BCUT2D eigenvalue weighted by Crippen LogP contribution is -2.38. The standard InChI is InChI=1S/C15H29N3O/c16-14(17-11-13-5-4-6-13)18-12-15(9-10-19)7-2-1-3-8-15/h13,19H,1-12H2,(H3,16,17,18). The van der Waals surface area contributed by atoms with E-state index >= 15 is 0 Å². The summed E-state index contributed by atoms with van der Waals surface area (Å²) in [5, 5.41) is 12.5. The second-order valence-electron chi connectivity index (χ2n) is 6.41. The first-order valence-corrected chi connectivity index (χ1v) is 7.89. The molecule has 19 heavy (non-hydrogen) atoms. The lowest BCUT2D eigenvalue weighted by Gasteiger charge is -2.35. The van der Waals surface area contributed by atoms with Crippen LogP contribution in [0.2, 0.25) is 0 Å². The molecule has 0 unspecified atom stereocenters. The van der Waals surface area contributed by atoms with Crippen LogP contribution in [-0.2, 0) is 0 Å². The number of hydrogen-bond acceptors (Lipinski definition) is 2. The quantitative estimate of drug-likeness (QED) is 0.509. The van der Waals surface area contributed by atoms with Gasteiger partial charge in [-0.3, -0.25) is 4.99 Å². The minimum Gasteiger partial charge on any atom is -0.396 e. The molecule has 0 spiro atoms. The fourth-order valence-corrected chi connectivity index (χ4v) is 3.28. The van der Waals surface area contributed by atoms with Gasteiger partial charge in [-0.1, -0.05) is 25.7 Å². The van der Waals surface area contributed by atoms with Crippen molar-refractivity contribution in [3.05, 3.63) is 0 Å². The molecule has 0 aromatic carbocycles. The van der Waals surface area contributed by atoms with Crippen molar-refractivity contribution in [3.8, 4) is 0 Å². The topological polar surface area (TPSA) is 70.6 Å². The lowest BCUT2D eigenvalue weighted by molar-refractivity contribution is 0.137. The Morgan fingerprint density at radius 1 is 1.21 bits per heavy atom. The van der Waals surface area contributed by atoms with Crippen LogP contribution >= 0.6 is 0 Å². The average Bonchev–Trinajstić information content (AvgIpc) is 2.36. The van der Waals surface area contributed by atoms with Crippen molar-refractivity contribution in [2.24, 2.45) is 22.1 Å². The molecule has 0 aromatic heterocycles. The van der Waals surface area contributed by atoms with Gasteiger partial charge in [0.15, 0.2) is 5.96 Å². The Morgan fingerprint density at radius 2 is 1.95 bits per heavy atom. The van der Waals surface area contributed by atoms with Crippen LogP contribution in [0.5, 0.6) is 0 Å². The summed E-state index contributed by atoms with van der Waals surface area (Å²) in [7, 11) is 0. The van der Waals surface area contributed by atoms with E-state index in [4.69, 9.17) is 5.73 Å². The molecule has 0 aliphatic heterocycles. The van der Waals surface area contributed by atoms with Crippen LogP contribution in [-0.4, -0.2) is 30.8 Å². The highest BCUT2D eigenvalue weighted by Gasteiger charge is 2.31. The zero-order valence-corrected chi connectivity index (χ0v) is 12.0. The highest BCUT2D eigenvalue weighted by atomic mass is 16.3. The predicted molar refractivity (Wildman–Crippen MR) is 79.1 cm³/mol. The maximum Gasteiger partial charge on any atom is 0.188 e. The number of rotatable bonds is 6. The molecular weight excluding hydrogens is 238 g/mol. The monoisotopic (exact) mass is 267 g/mol. The molecule has 4 heteroatoms. The van der Waals surface area contributed by atoms with Gasteiger partial charge in [0.1, 0.15) is 0 Å². The number of hydrogen-bond donors (Lipinski definition) is 3. The number of nitrogens with zero attached hydrogens (tertiary/aromatic N) is 1. The van der Waals surface area contributed by atoms with E-state index in [0.717, 1.165) is 25.4 Å². The summed E-state index contributed by atoms with van der Waals surface area (Å²) >= 11 is 0. The number of nitrogens with one attached hydrogen (secondary N) is 1. The predicted octanol–water partition coefficient (Wildman–Crippen LogP) is 2.02. The Morgan fingerprint density at radius 3 is 2.53 bits per heavy atom. The molecular formula is C15H29N3O. The van der Waals surface area contributed by atoms with Gasteiger partial charge in [0.25, 0.3) is 0 Å². The zero-order chi connectivity index (χ0) is 13.6. The van der Waals surface area contributed by atoms with Crippen LogP contribution in [0.3, 0.4) is 0 Å². The lowest BCUT2D eigenvalue weighted by atomic mass is 9.72. The molecule has 0 radical (unpaired) electrons. The Kier molecular flexibility index (Phi) is 5.49. The Balaban J connectivity index is 1.78. The van der Waals surface area contributed by atoms with Gasteiger partial charge in [0, 0.05) is 19.7 Å². The molecule has 0 saturated heterocycles. The second kappa shape index (κ2) is 7.13. The molecule has 0 amide bonds. The molecule has 4 nitrogen and oxygen atoms in total. The zero-order valence-electron chi connectivity index (χ0n) is 12.0.